The molecular weight excluding hydrogens is 328 g/mol. The predicted molar refractivity (Wildman–Crippen MR) is 82.1 cm³/mol. The Bertz CT molecular complexity index is 612. The normalized spacial score (nSPS) is 16.1. The van der Waals surface area contributed by atoms with Crippen LogP contribution in [0.4, 0.5) is 0 Å². The number of sulfonamides is 1. The second-order valence-corrected chi connectivity index (χ2v) is 7.81. The van der Waals surface area contributed by atoms with Gasteiger partial charge in [-0.3, -0.25) is 10.0 Å². The van der Waals surface area contributed by atoms with E-state index in [0.29, 0.717) is 5.02 Å². The molecule has 2 N–H and O–H groups in total. The van der Waals surface area contributed by atoms with Gasteiger partial charge in [-0.25, -0.2) is 13.9 Å². The van der Waals surface area contributed by atoms with Crippen molar-refractivity contribution in [3.8, 4) is 0 Å². The maximum Gasteiger partial charge on any atom is 0.258 e. The van der Waals surface area contributed by atoms with Gasteiger partial charge < -0.3 is 0 Å². The average Bonchev–Trinajstić information content (AvgIpc) is 3.00. The van der Waals surface area contributed by atoms with E-state index in [9.17, 15) is 13.2 Å². The number of halogens is 1. The Morgan fingerprint density at radius 3 is 2.41 bits per heavy atom. The zero-order valence-corrected chi connectivity index (χ0v) is 13.6. The van der Waals surface area contributed by atoms with Crippen molar-refractivity contribution in [3.63, 3.8) is 0 Å². The van der Waals surface area contributed by atoms with Crippen molar-refractivity contribution in [2.24, 2.45) is 5.92 Å². The molecule has 122 valence electrons. The minimum absolute atomic E-state index is 0.0839. The summed E-state index contributed by atoms with van der Waals surface area (Å²) in [5.41, 5.74) is 1.49. The quantitative estimate of drug-likeness (QED) is 0.609. The minimum atomic E-state index is -3.81. The second kappa shape index (κ2) is 7.41. The molecule has 6 nitrogen and oxygen atoms in total. The van der Waals surface area contributed by atoms with E-state index in [4.69, 9.17) is 16.8 Å². The molecule has 1 fully saturated rings. The Morgan fingerprint density at radius 1 is 1.27 bits per heavy atom. The first-order valence-electron chi connectivity index (χ1n) is 7.12. The highest BCUT2D eigenvalue weighted by molar-refractivity contribution is 7.89. The topological polar surface area (TPSA) is 86.7 Å². The highest BCUT2D eigenvalue weighted by atomic mass is 35.5. The van der Waals surface area contributed by atoms with E-state index >= 15 is 0 Å². The van der Waals surface area contributed by atoms with Crippen LogP contribution in [0.3, 0.4) is 0 Å². The maximum absolute atomic E-state index is 12.7. The summed E-state index contributed by atoms with van der Waals surface area (Å²) in [6.45, 7) is -0.129. The number of hydroxylamine groups is 1. The summed E-state index contributed by atoms with van der Waals surface area (Å²) in [5, 5.41) is 9.12. The third-order valence-electron chi connectivity index (χ3n) is 3.83. The number of amides is 1. The van der Waals surface area contributed by atoms with Gasteiger partial charge in [0.25, 0.3) is 5.91 Å². The van der Waals surface area contributed by atoms with Gasteiger partial charge in [0.1, 0.15) is 0 Å². The molecule has 0 atom stereocenters. The molecule has 1 aromatic carbocycles. The molecule has 0 aromatic heterocycles. The molecule has 0 spiro atoms. The molecular formula is C14H19ClN2O4S. The van der Waals surface area contributed by atoms with Crippen molar-refractivity contribution < 1.29 is 18.4 Å². The van der Waals surface area contributed by atoms with Crippen molar-refractivity contribution in [1.82, 2.24) is 9.79 Å². The fraction of sp³-hybridized carbons (Fsp3) is 0.500. The van der Waals surface area contributed by atoms with Crippen LogP contribution in [0.25, 0.3) is 0 Å². The third-order valence-corrected chi connectivity index (χ3v) is 5.91. The van der Waals surface area contributed by atoms with E-state index in [1.807, 2.05) is 0 Å². The molecule has 0 unspecified atom stereocenters. The first-order chi connectivity index (χ1) is 10.4. The highest BCUT2D eigenvalue weighted by Crippen LogP contribution is 2.28. The average molecular weight is 347 g/mol. The fourth-order valence-corrected chi connectivity index (χ4v) is 4.28. The third kappa shape index (κ3) is 4.19. The molecule has 2 rings (SSSR count). The van der Waals surface area contributed by atoms with Gasteiger partial charge in [0, 0.05) is 11.6 Å². The van der Waals surface area contributed by atoms with Crippen molar-refractivity contribution in [3.05, 3.63) is 29.3 Å². The van der Waals surface area contributed by atoms with Crippen LogP contribution in [0.1, 0.15) is 25.7 Å². The molecule has 8 heteroatoms. The number of carbonyl (C=O) groups excluding carboxylic acids is 1. The number of nitrogens with zero attached hydrogens (tertiary/aromatic N) is 1. The first kappa shape index (κ1) is 17.2. The van der Waals surface area contributed by atoms with E-state index in [1.165, 1.54) is 29.7 Å². The van der Waals surface area contributed by atoms with Crippen LogP contribution in [-0.4, -0.2) is 36.9 Å². The number of rotatable bonds is 6. The molecule has 0 radical (unpaired) electrons. The van der Waals surface area contributed by atoms with Crippen LogP contribution < -0.4 is 5.48 Å². The molecule has 1 aliphatic rings. The molecule has 0 bridgehead atoms. The molecule has 0 aliphatic heterocycles. The molecule has 0 heterocycles. The van der Waals surface area contributed by atoms with Gasteiger partial charge in [-0.2, -0.15) is 4.31 Å². The van der Waals surface area contributed by atoms with E-state index in [1.54, 1.807) is 0 Å². The summed E-state index contributed by atoms with van der Waals surface area (Å²) < 4.78 is 26.5. The number of carbonyl (C=O) groups is 1. The van der Waals surface area contributed by atoms with Crippen LogP contribution in [0, 0.1) is 5.92 Å². The van der Waals surface area contributed by atoms with E-state index in [0.717, 1.165) is 30.0 Å². The van der Waals surface area contributed by atoms with Gasteiger partial charge in [-0.05, 0) is 43.0 Å². The summed E-state index contributed by atoms with van der Waals surface area (Å²) in [7, 11) is -3.81. The Labute approximate surface area is 135 Å². The smallest absolute Gasteiger partial charge is 0.258 e. The van der Waals surface area contributed by atoms with Crippen molar-refractivity contribution in [1.29, 1.82) is 0 Å². The monoisotopic (exact) mass is 346 g/mol. The van der Waals surface area contributed by atoms with Crippen LogP contribution in [0.5, 0.6) is 0 Å². The predicted octanol–water partition coefficient (Wildman–Crippen LogP) is 2.03. The van der Waals surface area contributed by atoms with E-state index < -0.39 is 22.5 Å². The summed E-state index contributed by atoms with van der Waals surface area (Å²) >= 11 is 5.78. The first-order valence-corrected chi connectivity index (χ1v) is 8.94. The van der Waals surface area contributed by atoms with Crippen LogP contribution in [-0.2, 0) is 14.8 Å². The lowest BCUT2D eigenvalue weighted by Gasteiger charge is -2.24. The molecule has 0 saturated heterocycles. The highest BCUT2D eigenvalue weighted by Gasteiger charge is 2.30. The zero-order chi connectivity index (χ0) is 16.2. The maximum atomic E-state index is 12.7. The van der Waals surface area contributed by atoms with Crippen LogP contribution in [0.2, 0.25) is 5.02 Å². The largest absolute Gasteiger partial charge is 0.289 e. The summed E-state index contributed by atoms with van der Waals surface area (Å²) in [6.07, 6.45) is 4.05. The Balaban J connectivity index is 2.24. The Hall–Kier alpha value is -1.15. The summed E-state index contributed by atoms with van der Waals surface area (Å²) in [4.78, 5) is 11.5. The number of hydrogen-bond acceptors (Lipinski definition) is 4. The lowest BCUT2D eigenvalue weighted by molar-refractivity contribution is -0.129. The second-order valence-electron chi connectivity index (χ2n) is 5.44. The minimum Gasteiger partial charge on any atom is -0.289 e. The lowest BCUT2D eigenvalue weighted by Crippen LogP contribution is -2.42. The fourth-order valence-electron chi connectivity index (χ4n) is 2.68. The van der Waals surface area contributed by atoms with Gasteiger partial charge >= 0.3 is 0 Å². The standard InChI is InChI=1S/C14H19ClN2O4S/c15-12-5-7-13(8-6-12)22(20,21)17(10-14(18)16-19)9-11-3-1-2-4-11/h5-8,11,19H,1-4,9-10H2,(H,16,18). The van der Waals surface area contributed by atoms with Gasteiger partial charge in [-0.15, -0.1) is 0 Å². The van der Waals surface area contributed by atoms with Crippen LogP contribution in [0.15, 0.2) is 29.2 Å². The van der Waals surface area contributed by atoms with Gasteiger partial charge in [-0.1, -0.05) is 24.4 Å². The Morgan fingerprint density at radius 2 is 1.86 bits per heavy atom. The summed E-state index contributed by atoms with van der Waals surface area (Å²) in [6, 6.07) is 5.81. The van der Waals surface area contributed by atoms with Gasteiger partial charge in [0.05, 0.1) is 11.4 Å². The van der Waals surface area contributed by atoms with E-state index in [-0.39, 0.29) is 17.4 Å². The van der Waals surface area contributed by atoms with Gasteiger partial charge in [0.2, 0.25) is 10.0 Å². The molecule has 1 aromatic rings. The lowest BCUT2D eigenvalue weighted by atomic mass is 10.1. The van der Waals surface area contributed by atoms with Crippen LogP contribution >= 0.6 is 11.6 Å². The van der Waals surface area contributed by atoms with E-state index in [2.05, 4.69) is 0 Å². The van der Waals surface area contributed by atoms with Gasteiger partial charge in [0.15, 0.2) is 0 Å². The number of nitrogens with one attached hydrogen (secondary N) is 1. The molecule has 1 saturated carbocycles. The number of hydrogen-bond donors (Lipinski definition) is 2. The molecule has 22 heavy (non-hydrogen) atoms. The summed E-state index contributed by atoms with van der Waals surface area (Å²) in [5.74, 6) is -0.510. The zero-order valence-electron chi connectivity index (χ0n) is 12.0. The molecule has 1 amide bonds. The van der Waals surface area contributed by atoms with Crippen molar-refractivity contribution in [2.45, 2.75) is 30.6 Å². The van der Waals surface area contributed by atoms with Crippen molar-refractivity contribution >= 4 is 27.5 Å². The molecule has 1 aliphatic carbocycles. The SMILES string of the molecule is O=C(CN(CC1CCCC1)S(=O)(=O)c1ccc(Cl)cc1)NO. The van der Waals surface area contributed by atoms with Crippen molar-refractivity contribution in [2.75, 3.05) is 13.1 Å². The Kier molecular flexibility index (Phi) is 5.80. The number of benzene rings is 1.